The average Bonchev–Trinajstić information content (AvgIpc) is 3.11. The van der Waals surface area contributed by atoms with Gasteiger partial charge in [-0.3, -0.25) is 0 Å². The van der Waals surface area contributed by atoms with Gasteiger partial charge in [-0.05, 0) is 49.8 Å². The number of benzene rings is 1. The van der Waals surface area contributed by atoms with E-state index in [1.807, 2.05) is 29.2 Å². The van der Waals surface area contributed by atoms with Crippen molar-refractivity contribution < 1.29 is 14.3 Å². The minimum absolute atomic E-state index is 0.00354. The number of carbonyl (C=O) groups excluding carboxylic acids is 1. The molecule has 1 atom stereocenters. The largest absolute Gasteiger partial charge is 0.376 e. The zero-order valence-corrected chi connectivity index (χ0v) is 13.6. The fourth-order valence-electron chi connectivity index (χ4n) is 3.11. The van der Waals surface area contributed by atoms with Crippen molar-refractivity contribution >= 4 is 11.7 Å². The Labute approximate surface area is 137 Å². The Hall–Kier alpha value is -1.59. The van der Waals surface area contributed by atoms with E-state index in [9.17, 15) is 4.79 Å². The van der Waals surface area contributed by atoms with Crippen LogP contribution in [0.25, 0.3) is 0 Å². The van der Waals surface area contributed by atoms with Crippen LogP contribution in [0.5, 0.6) is 0 Å². The fourth-order valence-corrected chi connectivity index (χ4v) is 3.11. The van der Waals surface area contributed by atoms with E-state index in [-0.39, 0.29) is 12.1 Å². The lowest BCUT2D eigenvalue weighted by Gasteiger charge is -2.22. The fraction of sp³-hybridized carbons (Fsp3) is 0.611. The van der Waals surface area contributed by atoms with Gasteiger partial charge < -0.3 is 19.7 Å². The van der Waals surface area contributed by atoms with E-state index in [1.54, 1.807) is 0 Å². The molecule has 2 saturated heterocycles. The summed E-state index contributed by atoms with van der Waals surface area (Å²) in [6.07, 6.45) is 5.92. The van der Waals surface area contributed by atoms with Gasteiger partial charge in [0.1, 0.15) is 0 Å². The van der Waals surface area contributed by atoms with E-state index in [2.05, 4.69) is 5.32 Å². The zero-order valence-electron chi connectivity index (χ0n) is 13.6. The molecule has 0 spiro atoms. The number of likely N-dealkylation sites (tertiary alicyclic amines) is 1. The lowest BCUT2D eigenvalue weighted by atomic mass is 10.1. The van der Waals surface area contributed by atoms with Crippen molar-refractivity contribution in [2.75, 3.05) is 31.6 Å². The number of nitrogens with one attached hydrogen (secondary N) is 1. The summed E-state index contributed by atoms with van der Waals surface area (Å²) in [4.78, 5) is 14.0. The van der Waals surface area contributed by atoms with Crippen LogP contribution >= 0.6 is 0 Å². The van der Waals surface area contributed by atoms with E-state index >= 15 is 0 Å². The number of hydrogen-bond donors (Lipinski definition) is 1. The molecule has 0 aliphatic carbocycles. The Morgan fingerprint density at radius 1 is 1.26 bits per heavy atom. The molecule has 5 heteroatoms. The van der Waals surface area contributed by atoms with Gasteiger partial charge in [0.2, 0.25) is 0 Å². The Morgan fingerprint density at radius 3 is 2.91 bits per heavy atom. The van der Waals surface area contributed by atoms with Gasteiger partial charge in [0, 0.05) is 25.4 Å². The first kappa shape index (κ1) is 16.3. The summed E-state index contributed by atoms with van der Waals surface area (Å²) in [5.41, 5.74) is 1.90. The number of carbonyl (C=O) groups is 1. The summed E-state index contributed by atoms with van der Waals surface area (Å²) < 4.78 is 11.4. The molecule has 2 aliphatic rings. The number of ether oxygens (including phenoxy) is 2. The molecule has 0 unspecified atom stereocenters. The van der Waals surface area contributed by atoms with Crippen LogP contribution in [0.4, 0.5) is 10.5 Å². The molecule has 1 aromatic carbocycles. The molecule has 2 fully saturated rings. The molecule has 1 aromatic rings. The highest BCUT2D eigenvalue weighted by atomic mass is 16.5. The van der Waals surface area contributed by atoms with Gasteiger partial charge in [-0.2, -0.15) is 0 Å². The van der Waals surface area contributed by atoms with Crippen molar-refractivity contribution in [1.29, 1.82) is 0 Å². The van der Waals surface area contributed by atoms with Crippen molar-refractivity contribution in [3.63, 3.8) is 0 Å². The predicted octanol–water partition coefficient (Wildman–Crippen LogP) is 3.40. The number of amides is 2. The molecule has 2 heterocycles. The molecule has 3 rings (SSSR count). The number of anilines is 1. The maximum Gasteiger partial charge on any atom is 0.321 e. The number of nitrogens with zero attached hydrogens (tertiary/aromatic N) is 1. The summed E-state index contributed by atoms with van der Waals surface area (Å²) in [6.45, 7) is 3.76. The second-order valence-electron chi connectivity index (χ2n) is 6.33. The van der Waals surface area contributed by atoms with Crippen molar-refractivity contribution in [2.24, 2.45) is 0 Å². The summed E-state index contributed by atoms with van der Waals surface area (Å²) >= 11 is 0. The monoisotopic (exact) mass is 318 g/mol. The van der Waals surface area contributed by atoms with E-state index in [0.717, 1.165) is 56.6 Å². The van der Waals surface area contributed by atoms with E-state index in [4.69, 9.17) is 9.47 Å². The molecule has 0 saturated carbocycles. The first-order chi connectivity index (χ1) is 11.3. The Morgan fingerprint density at radius 2 is 2.13 bits per heavy atom. The molecule has 126 valence electrons. The molecule has 23 heavy (non-hydrogen) atoms. The molecular formula is C18H26N2O3. The van der Waals surface area contributed by atoms with E-state index in [1.165, 1.54) is 6.42 Å². The second kappa shape index (κ2) is 8.31. The van der Waals surface area contributed by atoms with Crippen LogP contribution in [0.3, 0.4) is 0 Å². The second-order valence-corrected chi connectivity index (χ2v) is 6.33. The van der Waals surface area contributed by atoms with Gasteiger partial charge >= 0.3 is 6.03 Å². The van der Waals surface area contributed by atoms with Gasteiger partial charge in [-0.25, -0.2) is 4.79 Å². The third kappa shape index (κ3) is 4.94. The lowest BCUT2D eigenvalue weighted by Crippen LogP contribution is -2.32. The van der Waals surface area contributed by atoms with Gasteiger partial charge in [0.05, 0.1) is 19.3 Å². The molecular weight excluding hydrogens is 292 g/mol. The van der Waals surface area contributed by atoms with Crippen LogP contribution in [0, 0.1) is 0 Å². The summed E-state index contributed by atoms with van der Waals surface area (Å²) in [6, 6.07) is 7.87. The molecule has 1 N–H and O–H groups in total. The minimum atomic E-state index is -0.00354. The topological polar surface area (TPSA) is 50.8 Å². The van der Waals surface area contributed by atoms with Crippen LogP contribution in [-0.2, 0) is 16.1 Å². The maximum atomic E-state index is 12.1. The molecule has 0 aromatic heterocycles. The Bertz CT molecular complexity index is 509. The zero-order chi connectivity index (χ0) is 15.9. The highest BCUT2D eigenvalue weighted by Crippen LogP contribution is 2.16. The smallest absolute Gasteiger partial charge is 0.321 e. The van der Waals surface area contributed by atoms with Gasteiger partial charge in [0.25, 0.3) is 0 Å². The molecule has 0 bridgehead atoms. The highest BCUT2D eigenvalue weighted by molar-refractivity contribution is 5.89. The molecule has 2 aliphatic heterocycles. The maximum absolute atomic E-state index is 12.1. The number of hydrogen-bond acceptors (Lipinski definition) is 3. The van der Waals surface area contributed by atoms with Crippen LogP contribution in [0.2, 0.25) is 0 Å². The van der Waals surface area contributed by atoms with Crippen LogP contribution in [-0.4, -0.2) is 43.3 Å². The first-order valence-corrected chi connectivity index (χ1v) is 8.65. The lowest BCUT2D eigenvalue weighted by molar-refractivity contribution is -0.0447. The van der Waals surface area contributed by atoms with Gasteiger partial charge in [0.15, 0.2) is 0 Å². The van der Waals surface area contributed by atoms with Crippen molar-refractivity contribution in [2.45, 2.75) is 44.8 Å². The standard InChI is InChI=1S/C18H26N2O3/c21-18(20-9-2-3-10-20)19-16-7-5-6-15(12-16)13-22-14-17-8-1-4-11-23-17/h5-7,12,17H,1-4,8-11,13-14H2,(H,19,21)/t17-/m1/s1. The quantitative estimate of drug-likeness (QED) is 0.905. The number of rotatable bonds is 5. The van der Waals surface area contributed by atoms with Gasteiger partial charge in [-0.15, -0.1) is 0 Å². The summed E-state index contributed by atoms with van der Waals surface area (Å²) in [5, 5.41) is 2.97. The molecule has 2 amide bonds. The van der Waals surface area contributed by atoms with Crippen molar-refractivity contribution in [3.05, 3.63) is 29.8 Å². The summed E-state index contributed by atoms with van der Waals surface area (Å²) in [5.74, 6) is 0. The van der Waals surface area contributed by atoms with Crippen LogP contribution in [0.1, 0.15) is 37.7 Å². The van der Waals surface area contributed by atoms with Crippen LogP contribution < -0.4 is 5.32 Å². The van der Waals surface area contributed by atoms with Crippen molar-refractivity contribution in [1.82, 2.24) is 4.90 Å². The normalized spacial score (nSPS) is 21.4. The Kier molecular flexibility index (Phi) is 5.88. The van der Waals surface area contributed by atoms with Crippen molar-refractivity contribution in [3.8, 4) is 0 Å². The van der Waals surface area contributed by atoms with Crippen LogP contribution in [0.15, 0.2) is 24.3 Å². The van der Waals surface area contributed by atoms with E-state index in [0.29, 0.717) is 13.2 Å². The number of urea groups is 1. The minimum Gasteiger partial charge on any atom is -0.376 e. The average molecular weight is 318 g/mol. The van der Waals surface area contributed by atoms with Gasteiger partial charge in [-0.1, -0.05) is 12.1 Å². The Balaban J connectivity index is 1.45. The predicted molar refractivity (Wildman–Crippen MR) is 89.5 cm³/mol. The SMILES string of the molecule is O=C(Nc1cccc(COC[C@H]2CCCCO2)c1)N1CCCC1. The highest BCUT2D eigenvalue weighted by Gasteiger charge is 2.18. The van der Waals surface area contributed by atoms with E-state index < -0.39 is 0 Å². The molecule has 5 nitrogen and oxygen atoms in total. The first-order valence-electron chi connectivity index (χ1n) is 8.65. The summed E-state index contributed by atoms with van der Waals surface area (Å²) in [7, 11) is 0. The molecule has 0 radical (unpaired) electrons. The third-order valence-electron chi connectivity index (χ3n) is 4.42. The third-order valence-corrected chi connectivity index (χ3v) is 4.42.